The van der Waals surface area contributed by atoms with Gasteiger partial charge in [-0.2, -0.15) is 4.31 Å². The highest BCUT2D eigenvalue weighted by molar-refractivity contribution is 7.89. The van der Waals surface area contributed by atoms with E-state index in [0.29, 0.717) is 17.5 Å². The van der Waals surface area contributed by atoms with E-state index in [0.717, 1.165) is 0 Å². The molecule has 33 heavy (non-hydrogen) atoms. The van der Waals surface area contributed by atoms with Gasteiger partial charge in [-0.3, -0.25) is 4.79 Å². The van der Waals surface area contributed by atoms with Gasteiger partial charge in [0, 0.05) is 37.5 Å². The third kappa shape index (κ3) is 5.20. The van der Waals surface area contributed by atoms with Gasteiger partial charge >= 0.3 is 0 Å². The van der Waals surface area contributed by atoms with Crippen molar-refractivity contribution in [2.24, 2.45) is 5.92 Å². The van der Waals surface area contributed by atoms with Crippen LogP contribution in [0.15, 0.2) is 47.4 Å². The number of halogens is 1. The summed E-state index contributed by atoms with van der Waals surface area (Å²) in [5.74, 6) is -0.674. The summed E-state index contributed by atoms with van der Waals surface area (Å²) >= 11 is 0. The number of benzene rings is 2. The molecule has 3 rings (SSSR count). The molecule has 7 nitrogen and oxygen atoms in total. The Labute approximate surface area is 194 Å². The number of aliphatic hydroxyl groups excluding tert-OH is 1. The zero-order valence-corrected chi connectivity index (χ0v) is 20.2. The Morgan fingerprint density at radius 2 is 2.00 bits per heavy atom. The smallest absolute Gasteiger partial charge is 0.247 e. The predicted molar refractivity (Wildman–Crippen MR) is 124 cm³/mol. The fraction of sp³-hybridized carbons (Fsp3) is 0.458. The predicted octanol–water partition coefficient (Wildman–Crippen LogP) is 3.13. The van der Waals surface area contributed by atoms with Gasteiger partial charge in [0.2, 0.25) is 15.9 Å². The van der Waals surface area contributed by atoms with Crippen molar-refractivity contribution < 1.29 is 27.4 Å². The normalized spacial score (nSPS) is 21.3. The number of ether oxygens (including phenoxy) is 1. The van der Waals surface area contributed by atoms with Gasteiger partial charge in [-0.05, 0) is 30.7 Å². The molecule has 0 saturated carbocycles. The maximum atomic E-state index is 14.4. The van der Waals surface area contributed by atoms with E-state index in [-0.39, 0.29) is 42.2 Å². The summed E-state index contributed by atoms with van der Waals surface area (Å²) in [5, 5.41) is 9.72. The summed E-state index contributed by atoms with van der Waals surface area (Å²) in [6.45, 7) is 5.31. The Kier molecular flexibility index (Phi) is 7.76. The Balaban J connectivity index is 2.14. The number of hydrogen-bond acceptors (Lipinski definition) is 5. The Morgan fingerprint density at radius 3 is 2.64 bits per heavy atom. The lowest BCUT2D eigenvalue weighted by atomic mass is 10.0. The second-order valence-electron chi connectivity index (χ2n) is 8.51. The third-order valence-electron chi connectivity index (χ3n) is 6.03. The first-order valence-corrected chi connectivity index (χ1v) is 12.5. The molecule has 9 heteroatoms. The molecule has 2 aromatic rings. The number of aliphatic hydroxyl groups is 1. The minimum atomic E-state index is -3.99. The summed E-state index contributed by atoms with van der Waals surface area (Å²) in [6.07, 6.45) is -0.169. The quantitative estimate of drug-likeness (QED) is 0.689. The van der Waals surface area contributed by atoms with Gasteiger partial charge in [-0.15, -0.1) is 0 Å². The van der Waals surface area contributed by atoms with Crippen molar-refractivity contribution in [1.29, 1.82) is 0 Å². The molecule has 0 radical (unpaired) electrons. The molecular formula is C24H31FN2O5S. The van der Waals surface area contributed by atoms with Gasteiger partial charge in [0.05, 0.1) is 13.2 Å². The first-order valence-electron chi connectivity index (χ1n) is 11.0. The van der Waals surface area contributed by atoms with Crippen LogP contribution >= 0.6 is 0 Å². The molecule has 2 aromatic carbocycles. The average Bonchev–Trinajstić information content (AvgIpc) is 2.80. The topological polar surface area (TPSA) is 87.2 Å². The van der Waals surface area contributed by atoms with E-state index in [2.05, 4.69) is 0 Å². The molecule has 1 aliphatic heterocycles. The first kappa shape index (κ1) is 25.1. The lowest BCUT2D eigenvalue weighted by Crippen LogP contribution is -2.50. The molecule has 3 atom stereocenters. The molecule has 1 N–H and O–H groups in total. The number of fused-ring (bicyclic) bond motifs is 1. The third-order valence-corrected chi connectivity index (χ3v) is 8.05. The van der Waals surface area contributed by atoms with Crippen LogP contribution in [0, 0.1) is 11.7 Å². The molecular weight excluding hydrogens is 447 g/mol. The fourth-order valence-corrected chi connectivity index (χ4v) is 5.77. The lowest BCUT2D eigenvalue weighted by molar-refractivity contribution is -0.131. The molecule has 1 heterocycles. The molecule has 1 aliphatic rings. The molecule has 0 spiro atoms. The number of hydrogen-bond donors (Lipinski definition) is 1. The molecule has 0 bridgehead atoms. The number of nitrogens with zero attached hydrogens (tertiary/aromatic N) is 2. The molecule has 0 saturated heterocycles. The highest BCUT2D eigenvalue weighted by atomic mass is 32.2. The van der Waals surface area contributed by atoms with Crippen molar-refractivity contribution in [2.75, 3.05) is 26.7 Å². The van der Waals surface area contributed by atoms with Crippen LogP contribution in [0.5, 0.6) is 5.75 Å². The second kappa shape index (κ2) is 10.2. The van der Waals surface area contributed by atoms with Crippen LogP contribution in [0.1, 0.15) is 27.2 Å². The number of carbonyl (C=O) groups is 1. The minimum absolute atomic E-state index is 0.0516. The SMILES string of the molecule is CCC(=O)N(C)C[C@H]1Oc2cc(-c3ccccc3F)ccc2S(=O)(=O)N([C@H](C)CO)C[C@H]1C. The van der Waals surface area contributed by atoms with Crippen LogP contribution in [-0.4, -0.2) is 67.5 Å². The van der Waals surface area contributed by atoms with E-state index in [1.54, 1.807) is 50.1 Å². The zero-order chi connectivity index (χ0) is 24.3. The number of amides is 1. The molecule has 0 unspecified atom stereocenters. The van der Waals surface area contributed by atoms with E-state index in [4.69, 9.17) is 4.74 Å². The van der Waals surface area contributed by atoms with Crippen molar-refractivity contribution in [2.45, 2.75) is 44.2 Å². The summed E-state index contributed by atoms with van der Waals surface area (Å²) in [5.41, 5.74) is 0.806. The average molecular weight is 479 g/mol. The van der Waals surface area contributed by atoms with Gasteiger partial charge in [-0.1, -0.05) is 38.1 Å². The number of rotatable bonds is 6. The van der Waals surface area contributed by atoms with Gasteiger partial charge in [0.25, 0.3) is 0 Å². The van der Waals surface area contributed by atoms with Crippen molar-refractivity contribution in [3.63, 3.8) is 0 Å². The summed E-state index contributed by atoms with van der Waals surface area (Å²) < 4.78 is 49.0. The minimum Gasteiger partial charge on any atom is -0.487 e. The van der Waals surface area contributed by atoms with Crippen molar-refractivity contribution >= 4 is 15.9 Å². The molecule has 0 aromatic heterocycles. The van der Waals surface area contributed by atoms with Crippen LogP contribution in [0.4, 0.5) is 4.39 Å². The van der Waals surface area contributed by atoms with Crippen LogP contribution in [0.3, 0.4) is 0 Å². The van der Waals surface area contributed by atoms with Crippen LogP contribution in [0.2, 0.25) is 0 Å². The summed E-state index contributed by atoms with van der Waals surface area (Å²) in [6, 6.07) is 10.1. The van der Waals surface area contributed by atoms with E-state index >= 15 is 0 Å². The van der Waals surface area contributed by atoms with E-state index in [9.17, 15) is 22.7 Å². The maximum Gasteiger partial charge on any atom is 0.247 e. The maximum absolute atomic E-state index is 14.4. The molecule has 0 fully saturated rings. The Bertz CT molecular complexity index is 1110. The van der Waals surface area contributed by atoms with Gasteiger partial charge in [0.1, 0.15) is 22.6 Å². The monoisotopic (exact) mass is 478 g/mol. The van der Waals surface area contributed by atoms with Gasteiger partial charge in [-0.25, -0.2) is 12.8 Å². The molecule has 1 amide bonds. The molecule has 180 valence electrons. The van der Waals surface area contributed by atoms with Crippen molar-refractivity contribution in [3.05, 3.63) is 48.3 Å². The largest absolute Gasteiger partial charge is 0.487 e. The standard InChI is InChI=1S/C24H31FN2O5S/c1-5-24(29)26(4)14-22-16(2)13-27(17(3)15-28)33(30,31)23-11-10-18(12-21(23)32-22)19-8-6-7-9-20(19)25/h6-12,16-17,22,28H,5,13-15H2,1-4H3/t16-,17-,22-/m1/s1. The molecule has 0 aliphatic carbocycles. The zero-order valence-electron chi connectivity index (χ0n) is 19.4. The van der Waals surface area contributed by atoms with Crippen molar-refractivity contribution in [3.8, 4) is 16.9 Å². The highest BCUT2D eigenvalue weighted by Crippen LogP contribution is 2.37. The number of carbonyl (C=O) groups excluding carboxylic acids is 1. The van der Waals surface area contributed by atoms with E-state index < -0.39 is 28.0 Å². The Hall–Kier alpha value is -2.49. The number of sulfonamides is 1. The van der Waals surface area contributed by atoms with Crippen LogP contribution < -0.4 is 4.74 Å². The Morgan fingerprint density at radius 1 is 1.30 bits per heavy atom. The van der Waals surface area contributed by atoms with Crippen LogP contribution in [0.25, 0.3) is 11.1 Å². The van der Waals surface area contributed by atoms with Crippen LogP contribution in [-0.2, 0) is 14.8 Å². The number of likely N-dealkylation sites (N-methyl/N-ethyl adjacent to an activating group) is 1. The summed E-state index contributed by atoms with van der Waals surface area (Å²) in [4.78, 5) is 13.7. The van der Waals surface area contributed by atoms with E-state index in [1.165, 1.54) is 22.5 Å². The fourth-order valence-electron chi connectivity index (χ4n) is 3.95. The highest BCUT2D eigenvalue weighted by Gasteiger charge is 2.38. The van der Waals surface area contributed by atoms with E-state index in [1.807, 2.05) is 6.92 Å². The summed E-state index contributed by atoms with van der Waals surface area (Å²) in [7, 11) is -2.31. The second-order valence-corrected chi connectivity index (χ2v) is 10.4. The van der Waals surface area contributed by atoms with Gasteiger partial charge < -0.3 is 14.7 Å². The first-order chi connectivity index (χ1) is 15.6. The lowest BCUT2D eigenvalue weighted by Gasteiger charge is -2.37. The van der Waals surface area contributed by atoms with Crippen molar-refractivity contribution in [1.82, 2.24) is 9.21 Å². The van der Waals surface area contributed by atoms with Gasteiger partial charge in [0.15, 0.2) is 0 Å².